The summed E-state index contributed by atoms with van der Waals surface area (Å²) < 4.78 is 11.7. The number of hydrogen-bond acceptors (Lipinski definition) is 7. The molecule has 2 aromatic heterocycles. The molecule has 0 radical (unpaired) electrons. The van der Waals surface area contributed by atoms with E-state index in [0.29, 0.717) is 16.6 Å². The van der Waals surface area contributed by atoms with Gasteiger partial charge in [0.15, 0.2) is 11.7 Å². The number of amides is 1. The van der Waals surface area contributed by atoms with Crippen LogP contribution in [-0.4, -0.2) is 35.6 Å². The molecule has 0 saturated carbocycles. The summed E-state index contributed by atoms with van der Waals surface area (Å²) in [5.74, 6) is 0.220. The molecule has 2 aromatic carbocycles. The molecule has 1 aliphatic carbocycles. The fourth-order valence-electron chi connectivity index (χ4n) is 4.80. The Bertz CT molecular complexity index is 1470. The molecule has 0 aliphatic heterocycles. The second kappa shape index (κ2) is 9.50. The molecule has 1 amide bonds. The molecule has 4 aromatic rings. The standard InChI is InChI=1S/C28H29N3O4S/c1-28(2,3)16-9-11-21-19(13-16)25(18-7-5-6-8-20(18)29-21)26(33)35-15-24(32)31-27-30-22-12-10-17(34-4)14-23(22)36-27/h5-8,10,12,14,16H,9,11,13,15H2,1-4H3,(H,30,31,32). The monoisotopic (exact) mass is 503 g/mol. The number of benzene rings is 2. The van der Waals surface area contributed by atoms with E-state index in [1.807, 2.05) is 42.5 Å². The molecule has 0 fully saturated rings. The Balaban J connectivity index is 1.36. The zero-order valence-corrected chi connectivity index (χ0v) is 21.7. The number of carbonyl (C=O) groups is 2. The molecule has 186 valence electrons. The van der Waals surface area contributed by atoms with E-state index in [2.05, 4.69) is 31.1 Å². The second-order valence-corrected chi connectivity index (χ2v) is 11.2. The predicted octanol–water partition coefficient (Wildman–Crippen LogP) is 5.80. The summed E-state index contributed by atoms with van der Waals surface area (Å²) in [7, 11) is 1.60. The fourth-order valence-corrected chi connectivity index (χ4v) is 5.72. The normalized spacial score (nSPS) is 15.5. The highest BCUT2D eigenvalue weighted by molar-refractivity contribution is 7.22. The van der Waals surface area contributed by atoms with Crippen LogP contribution >= 0.6 is 11.3 Å². The van der Waals surface area contributed by atoms with Gasteiger partial charge in [0.1, 0.15) is 5.75 Å². The third-order valence-electron chi connectivity index (χ3n) is 6.86. The Morgan fingerprint density at radius 3 is 2.69 bits per heavy atom. The molecular formula is C28H29N3O4S. The number of pyridine rings is 1. The van der Waals surface area contributed by atoms with Gasteiger partial charge in [-0.15, -0.1) is 0 Å². The van der Waals surface area contributed by atoms with E-state index in [0.717, 1.165) is 57.4 Å². The Morgan fingerprint density at radius 2 is 1.92 bits per heavy atom. The van der Waals surface area contributed by atoms with Crippen molar-refractivity contribution < 1.29 is 19.1 Å². The molecule has 1 atom stereocenters. The van der Waals surface area contributed by atoms with Gasteiger partial charge in [0.25, 0.3) is 5.91 Å². The number of carbonyl (C=O) groups excluding carboxylic acids is 2. The lowest BCUT2D eigenvalue weighted by Gasteiger charge is -2.35. The van der Waals surface area contributed by atoms with E-state index in [-0.39, 0.29) is 5.41 Å². The highest BCUT2D eigenvalue weighted by Gasteiger charge is 2.33. The number of nitrogens with one attached hydrogen (secondary N) is 1. The molecule has 1 aliphatic rings. The first-order chi connectivity index (χ1) is 17.2. The fraction of sp³-hybridized carbons (Fsp3) is 0.357. The van der Waals surface area contributed by atoms with E-state index in [4.69, 9.17) is 14.5 Å². The summed E-state index contributed by atoms with van der Waals surface area (Å²) in [6, 6.07) is 13.1. The molecule has 0 bridgehead atoms. The molecule has 1 unspecified atom stereocenters. The zero-order chi connectivity index (χ0) is 25.4. The number of nitrogens with zero attached hydrogens (tertiary/aromatic N) is 2. The maximum absolute atomic E-state index is 13.4. The van der Waals surface area contributed by atoms with Gasteiger partial charge in [-0.25, -0.2) is 9.78 Å². The van der Waals surface area contributed by atoms with Crippen LogP contribution in [0.25, 0.3) is 21.1 Å². The van der Waals surface area contributed by atoms with Gasteiger partial charge in [-0.3, -0.25) is 15.1 Å². The average Bonchev–Trinajstić information content (AvgIpc) is 3.26. The number of thiazole rings is 1. The van der Waals surface area contributed by atoms with Crippen molar-refractivity contribution in [2.45, 2.75) is 40.0 Å². The Hall–Kier alpha value is -3.52. The first kappa shape index (κ1) is 24.2. The van der Waals surface area contributed by atoms with Crippen LogP contribution in [0.15, 0.2) is 42.5 Å². The number of aryl methyl sites for hydroxylation is 1. The third kappa shape index (κ3) is 4.78. The SMILES string of the molecule is COc1ccc2nc(NC(=O)COC(=O)c3c4c(nc5ccccc35)CCC(C(C)(C)C)C4)sc2c1. The summed E-state index contributed by atoms with van der Waals surface area (Å²) in [5.41, 5.74) is 4.08. The van der Waals surface area contributed by atoms with Gasteiger partial charge in [0, 0.05) is 11.1 Å². The lowest BCUT2D eigenvalue weighted by Crippen LogP contribution is -2.29. The molecular weight excluding hydrogens is 474 g/mol. The molecule has 2 heterocycles. The smallest absolute Gasteiger partial charge is 0.339 e. The van der Waals surface area contributed by atoms with Crippen LogP contribution in [0, 0.1) is 11.3 Å². The van der Waals surface area contributed by atoms with E-state index >= 15 is 0 Å². The number of fused-ring (bicyclic) bond motifs is 3. The van der Waals surface area contributed by atoms with Gasteiger partial charge >= 0.3 is 5.97 Å². The first-order valence-electron chi connectivity index (χ1n) is 12.0. The Morgan fingerprint density at radius 1 is 1.11 bits per heavy atom. The molecule has 36 heavy (non-hydrogen) atoms. The first-order valence-corrected chi connectivity index (χ1v) is 12.9. The Kier molecular flexibility index (Phi) is 6.38. The number of methoxy groups -OCH3 is 1. The predicted molar refractivity (Wildman–Crippen MR) is 142 cm³/mol. The van der Waals surface area contributed by atoms with E-state index in [9.17, 15) is 9.59 Å². The van der Waals surface area contributed by atoms with E-state index < -0.39 is 18.5 Å². The Labute approximate surface area is 213 Å². The van der Waals surface area contributed by atoms with Crippen molar-refractivity contribution in [3.8, 4) is 5.75 Å². The van der Waals surface area contributed by atoms with Crippen LogP contribution in [0.1, 0.15) is 48.8 Å². The average molecular weight is 504 g/mol. The van der Waals surface area contributed by atoms with Gasteiger partial charge in [-0.05, 0) is 60.4 Å². The van der Waals surface area contributed by atoms with Crippen LogP contribution in [0.3, 0.4) is 0 Å². The van der Waals surface area contributed by atoms with Crippen LogP contribution < -0.4 is 10.1 Å². The largest absolute Gasteiger partial charge is 0.497 e. The topological polar surface area (TPSA) is 90.4 Å². The van der Waals surface area contributed by atoms with Gasteiger partial charge in [-0.1, -0.05) is 50.3 Å². The second-order valence-electron chi connectivity index (χ2n) is 10.2. The number of para-hydroxylation sites is 1. The highest BCUT2D eigenvalue weighted by Crippen LogP contribution is 2.39. The quantitative estimate of drug-likeness (QED) is 0.346. The zero-order valence-electron chi connectivity index (χ0n) is 20.9. The van der Waals surface area contributed by atoms with Crippen LogP contribution in [0.2, 0.25) is 0 Å². The lowest BCUT2D eigenvalue weighted by molar-refractivity contribution is -0.119. The van der Waals surface area contributed by atoms with Crippen molar-refractivity contribution in [3.05, 3.63) is 59.3 Å². The molecule has 8 heteroatoms. The summed E-state index contributed by atoms with van der Waals surface area (Å²) in [6.07, 6.45) is 2.63. The summed E-state index contributed by atoms with van der Waals surface area (Å²) in [5, 5.41) is 3.94. The molecule has 7 nitrogen and oxygen atoms in total. The minimum atomic E-state index is -0.497. The minimum Gasteiger partial charge on any atom is -0.497 e. The van der Waals surface area contributed by atoms with Crippen molar-refractivity contribution >= 4 is 49.5 Å². The van der Waals surface area contributed by atoms with Crippen molar-refractivity contribution in [2.24, 2.45) is 11.3 Å². The number of ether oxygens (including phenoxy) is 2. The number of rotatable bonds is 5. The van der Waals surface area contributed by atoms with Crippen molar-refractivity contribution in [1.29, 1.82) is 0 Å². The van der Waals surface area contributed by atoms with Crippen molar-refractivity contribution in [2.75, 3.05) is 19.0 Å². The van der Waals surface area contributed by atoms with Crippen molar-refractivity contribution in [1.82, 2.24) is 9.97 Å². The molecule has 0 spiro atoms. The van der Waals surface area contributed by atoms with Crippen LogP contribution in [-0.2, 0) is 22.4 Å². The molecule has 0 saturated heterocycles. The molecule has 5 rings (SSSR count). The maximum atomic E-state index is 13.4. The summed E-state index contributed by atoms with van der Waals surface area (Å²) >= 11 is 1.34. The highest BCUT2D eigenvalue weighted by atomic mass is 32.1. The summed E-state index contributed by atoms with van der Waals surface area (Å²) in [6.45, 7) is 6.30. The maximum Gasteiger partial charge on any atom is 0.339 e. The van der Waals surface area contributed by atoms with E-state index in [1.165, 1.54) is 11.3 Å². The van der Waals surface area contributed by atoms with Crippen LogP contribution in [0.4, 0.5) is 5.13 Å². The van der Waals surface area contributed by atoms with Crippen LogP contribution in [0.5, 0.6) is 5.75 Å². The van der Waals surface area contributed by atoms with Crippen molar-refractivity contribution in [3.63, 3.8) is 0 Å². The lowest BCUT2D eigenvalue weighted by atomic mass is 9.70. The molecule has 1 N–H and O–H groups in total. The van der Waals surface area contributed by atoms with E-state index in [1.54, 1.807) is 7.11 Å². The minimum absolute atomic E-state index is 0.117. The number of esters is 1. The van der Waals surface area contributed by atoms with Gasteiger partial charge in [-0.2, -0.15) is 0 Å². The number of anilines is 1. The number of hydrogen-bond donors (Lipinski definition) is 1. The van der Waals surface area contributed by atoms with Gasteiger partial charge in [0.2, 0.25) is 0 Å². The van der Waals surface area contributed by atoms with Gasteiger partial charge in [0.05, 0.1) is 28.4 Å². The van der Waals surface area contributed by atoms with Gasteiger partial charge < -0.3 is 9.47 Å². The number of aromatic nitrogens is 2. The summed E-state index contributed by atoms with van der Waals surface area (Å²) in [4.78, 5) is 35.3. The third-order valence-corrected chi connectivity index (χ3v) is 7.80.